The normalized spacial score (nSPS) is 12.6. The maximum Gasteiger partial charge on any atom is 0.338 e. The Labute approximate surface area is 165 Å². The van der Waals surface area contributed by atoms with Crippen molar-refractivity contribution in [2.24, 2.45) is 0 Å². The van der Waals surface area contributed by atoms with Gasteiger partial charge in [-0.15, -0.1) is 0 Å². The zero-order valence-corrected chi connectivity index (χ0v) is 17.1. The van der Waals surface area contributed by atoms with E-state index in [1.165, 1.54) is 0 Å². The number of benzene rings is 2. The van der Waals surface area contributed by atoms with E-state index < -0.39 is 19.2 Å². The Morgan fingerprint density at radius 2 is 1.70 bits per heavy atom. The zero-order valence-electron chi connectivity index (χ0n) is 15.5. The van der Waals surface area contributed by atoms with Crippen molar-refractivity contribution in [3.8, 4) is 0 Å². The molecule has 0 radical (unpaired) electrons. The molecule has 2 aromatic carbocycles. The Balaban J connectivity index is 2.21. The second kappa shape index (κ2) is 10.6. The van der Waals surface area contributed by atoms with Gasteiger partial charge in [-0.2, -0.15) is 0 Å². The smallest absolute Gasteiger partial charge is 0.338 e. The number of esters is 1. The predicted molar refractivity (Wildman–Crippen MR) is 106 cm³/mol. The minimum Gasteiger partial charge on any atom is -0.461 e. The molecule has 0 spiro atoms. The number of halogens is 1. The molecule has 2 rings (SSSR count). The number of carbonyl (C=O) groups excluding carboxylic acids is 1. The lowest BCUT2D eigenvalue weighted by atomic mass is 10.1. The van der Waals surface area contributed by atoms with Gasteiger partial charge in [0, 0.05) is 5.02 Å². The molecule has 0 amide bonds. The maximum absolute atomic E-state index is 13.3. The highest BCUT2D eigenvalue weighted by molar-refractivity contribution is 7.54. The molecule has 146 valence electrons. The van der Waals surface area contributed by atoms with Gasteiger partial charge in [0.05, 0.1) is 25.3 Å². The molecule has 0 saturated heterocycles. The fourth-order valence-electron chi connectivity index (χ4n) is 2.66. The summed E-state index contributed by atoms with van der Waals surface area (Å²) in [5.74, 6) is -0.483. The van der Waals surface area contributed by atoms with Gasteiger partial charge in [0.15, 0.2) is 0 Å². The van der Waals surface area contributed by atoms with E-state index in [0.717, 1.165) is 5.56 Å². The Morgan fingerprint density at radius 3 is 2.30 bits per heavy atom. The van der Waals surface area contributed by atoms with Crippen LogP contribution in [-0.4, -0.2) is 19.2 Å². The number of hydrogen-bond acceptors (Lipinski definition) is 5. The molecular weight excluding hydrogens is 387 g/mol. The summed E-state index contributed by atoms with van der Waals surface area (Å²) in [6, 6.07) is 16.2. The van der Waals surface area contributed by atoms with E-state index in [4.69, 9.17) is 25.4 Å². The molecule has 1 atom stereocenters. The van der Waals surface area contributed by atoms with Crippen LogP contribution in [0, 0.1) is 0 Å². The largest absolute Gasteiger partial charge is 0.461 e. The predicted octanol–water partition coefficient (Wildman–Crippen LogP) is 5.78. The molecule has 0 saturated carbocycles. The van der Waals surface area contributed by atoms with Crippen molar-refractivity contribution in [3.63, 3.8) is 0 Å². The minimum absolute atomic E-state index is 0.134. The second-order valence-electron chi connectivity index (χ2n) is 5.80. The van der Waals surface area contributed by atoms with Crippen LogP contribution < -0.4 is 0 Å². The first kappa shape index (κ1) is 21.6. The average Bonchev–Trinajstić information content (AvgIpc) is 2.65. The van der Waals surface area contributed by atoms with E-state index in [1.807, 2.05) is 30.3 Å². The Kier molecular flexibility index (Phi) is 8.52. The molecule has 0 fully saturated rings. The number of carbonyl (C=O) groups is 1. The van der Waals surface area contributed by atoms with Crippen LogP contribution in [0.15, 0.2) is 54.6 Å². The van der Waals surface area contributed by atoms with E-state index in [9.17, 15) is 9.36 Å². The Hall–Kier alpha value is -1.65. The van der Waals surface area contributed by atoms with Crippen molar-refractivity contribution >= 4 is 25.2 Å². The Morgan fingerprint density at radius 1 is 1.04 bits per heavy atom. The maximum atomic E-state index is 13.3. The first-order valence-electron chi connectivity index (χ1n) is 8.82. The third-order valence-electron chi connectivity index (χ3n) is 3.84. The zero-order chi connectivity index (χ0) is 19.7. The lowest BCUT2D eigenvalue weighted by Crippen LogP contribution is -2.14. The SMILES string of the molecule is CCOP(=O)(OCC)[C@H](CC(=O)OCc1ccccc1)c1cccc(Cl)c1. The van der Waals surface area contributed by atoms with E-state index in [-0.39, 0.29) is 26.2 Å². The highest BCUT2D eigenvalue weighted by Gasteiger charge is 2.39. The fraction of sp³-hybridized carbons (Fsp3) is 0.350. The van der Waals surface area contributed by atoms with E-state index in [2.05, 4.69) is 0 Å². The van der Waals surface area contributed by atoms with Crippen LogP contribution >= 0.6 is 19.2 Å². The molecule has 7 heteroatoms. The highest BCUT2D eigenvalue weighted by Crippen LogP contribution is 2.62. The van der Waals surface area contributed by atoms with Crippen LogP contribution in [0.4, 0.5) is 0 Å². The van der Waals surface area contributed by atoms with Crippen molar-refractivity contribution < 1.29 is 23.1 Å². The lowest BCUT2D eigenvalue weighted by Gasteiger charge is -2.26. The van der Waals surface area contributed by atoms with Gasteiger partial charge in [0.25, 0.3) is 0 Å². The molecular formula is C20H24ClO5P. The fourth-order valence-corrected chi connectivity index (χ4v) is 4.91. The minimum atomic E-state index is -3.58. The van der Waals surface area contributed by atoms with Gasteiger partial charge in [-0.25, -0.2) is 0 Å². The third kappa shape index (κ3) is 6.47. The van der Waals surface area contributed by atoms with Crippen LogP contribution in [0.3, 0.4) is 0 Å². The summed E-state index contributed by atoms with van der Waals surface area (Å²) in [4.78, 5) is 12.5. The van der Waals surface area contributed by atoms with Gasteiger partial charge in [-0.1, -0.05) is 54.1 Å². The van der Waals surface area contributed by atoms with Crippen LogP contribution in [0.25, 0.3) is 0 Å². The van der Waals surface area contributed by atoms with E-state index in [1.54, 1.807) is 38.1 Å². The van der Waals surface area contributed by atoms with Crippen molar-refractivity contribution in [3.05, 3.63) is 70.7 Å². The van der Waals surface area contributed by atoms with Gasteiger partial charge in [0.1, 0.15) is 6.61 Å². The summed E-state index contributed by atoms with van der Waals surface area (Å²) in [6.07, 6.45) is -0.134. The highest BCUT2D eigenvalue weighted by atomic mass is 35.5. The quantitative estimate of drug-likeness (QED) is 0.367. The molecule has 5 nitrogen and oxygen atoms in total. The summed E-state index contributed by atoms with van der Waals surface area (Å²) in [5.41, 5.74) is 0.701. The van der Waals surface area contributed by atoms with Crippen molar-refractivity contribution in [2.45, 2.75) is 32.5 Å². The molecule has 0 bridgehead atoms. The number of hydrogen-bond donors (Lipinski definition) is 0. The second-order valence-corrected chi connectivity index (χ2v) is 8.45. The van der Waals surface area contributed by atoms with Crippen LogP contribution in [0.5, 0.6) is 0 Å². The summed E-state index contributed by atoms with van der Waals surface area (Å²) in [5, 5.41) is 0.481. The van der Waals surface area contributed by atoms with Crippen molar-refractivity contribution in [1.29, 1.82) is 0 Å². The lowest BCUT2D eigenvalue weighted by molar-refractivity contribution is -0.145. The summed E-state index contributed by atoms with van der Waals surface area (Å²) in [7, 11) is -3.58. The van der Waals surface area contributed by atoms with Crippen molar-refractivity contribution in [2.75, 3.05) is 13.2 Å². The topological polar surface area (TPSA) is 61.8 Å². The molecule has 0 heterocycles. The molecule has 0 aliphatic heterocycles. The molecule has 0 aliphatic rings. The van der Waals surface area contributed by atoms with Crippen LogP contribution in [-0.2, 0) is 29.8 Å². The molecule has 0 aliphatic carbocycles. The van der Waals surface area contributed by atoms with Crippen LogP contribution in [0.2, 0.25) is 5.02 Å². The standard InChI is InChI=1S/C20H24ClO5P/c1-3-25-27(23,26-4-2)19(17-11-8-12-18(21)13-17)14-20(22)24-15-16-9-6-5-7-10-16/h5-13,19H,3-4,14-15H2,1-2H3/t19-/m1/s1. The molecule has 0 aromatic heterocycles. The van der Waals surface area contributed by atoms with Gasteiger partial charge in [-0.05, 0) is 37.1 Å². The van der Waals surface area contributed by atoms with Crippen molar-refractivity contribution in [1.82, 2.24) is 0 Å². The summed E-state index contributed by atoms with van der Waals surface area (Å²) >= 11 is 6.08. The Bertz CT molecular complexity index is 771. The van der Waals surface area contributed by atoms with Gasteiger partial charge in [-0.3, -0.25) is 9.36 Å². The van der Waals surface area contributed by atoms with Gasteiger partial charge in [0.2, 0.25) is 0 Å². The third-order valence-corrected chi connectivity index (χ3v) is 6.55. The molecule has 2 aromatic rings. The number of ether oxygens (including phenoxy) is 1. The van der Waals surface area contributed by atoms with Crippen LogP contribution in [0.1, 0.15) is 37.1 Å². The first-order chi connectivity index (χ1) is 13.0. The number of rotatable bonds is 10. The van der Waals surface area contributed by atoms with Gasteiger partial charge < -0.3 is 13.8 Å². The molecule has 27 heavy (non-hydrogen) atoms. The van der Waals surface area contributed by atoms with Gasteiger partial charge >= 0.3 is 13.6 Å². The van der Waals surface area contributed by atoms with E-state index >= 15 is 0 Å². The monoisotopic (exact) mass is 410 g/mol. The first-order valence-corrected chi connectivity index (χ1v) is 10.8. The summed E-state index contributed by atoms with van der Waals surface area (Å²) in [6.45, 7) is 4.01. The summed E-state index contributed by atoms with van der Waals surface area (Å²) < 4.78 is 29.6. The average molecular weight is 411 g/mol. The molecule has 0 N–H and O–H groups in total. The van der Waals surface area contributed by atoms with E-state index in [0.29, 0.717) is 10.6 Å². The molecule has 0 unspecified atom stereocenters.